The van der Waals surface area contributed by atoms with Crippen molar-refractivity contribution in [1.29, 1.82) is 0 Å². The highest BCUT2D eigenvalue weighted by Gasteiger charge is 2.33. The van der Waals surface area contributed by atoms with E-state index in [2.05, 4.69) is 24.1 Å². The third-order valence-corrected chi connectivity index (χ3v) is 3.40. The lowest BCUT2D eigenvalue weighted by atomic mass is 10.00. The molecule has 2 fully saturated rings. The van der Waals surface area contributed by atoms with Gasteiger partial charge in [0.15, 0.2) is 0 Å². The molecular weight excluding hydrogens is 160 g/mol. The summed E-state index contributed by atoms with van der Waals surface area (Å²) in [5.74, 6) is 0.860. The van der Waals surface area contributed by atoms with Crippen LogP contribution < -0.4 is 5.32 Å². The summed E-state index contributed by atoms with van der Waals surface area (Å²) in [4.78, 5) is 2.75. The van der Waals surface area contributed by atoms with Crippen LogP contribution in [0, 0.1) is 5.92 Å². The van der Waals surface area contributed by atoms with Crippen molar-refractivity contribution in [3.8, 4) is 0 Å². The fraction of sp³-hybridized carbons (Fsp3) is 1.00. The Labute approximate surface area is 81.7 Å². The smallest absolute Gasteiger partial charge is 0.0348 e. The molecule has 1 atom stereocenters. The Morgan fingerprint density at radius 2 is 2.15 bits per heavy atom. The third-order valence-electron chi connectivity index (χ3n) is 3.40. The van der Waals surface area contributed by atoms with Crippen LogP contribution in [0.2, 0.25) is 0 Å². The molecule has 1 unspecified atom stereocenters. The first-order valence-electron chi connectivity index (χ1n) is 5.74. The Balaban J connectivity index is 1.85. The maximum absolute atomic E-state index is 3.37. The van der Waals surface area contributed by atoms with Crippen molar-refractivity contribution < 1.29 is 0 Å². The first-order valence-corrected chi connectivity index (χ1v) is 5.74. The number of rotatable bonds is 3. The van der Waals surface area contributed by atoms with Gasteiger partial charge in [-0.25, -0.2) is 0 Å². The number of hydrogen-bond acceptors (Lipinski definition) is 2. The summed E-state index contributed by atoms with van der Waals surface area (Å²) in [7, 11) is 0. The molecule has 2 heteroatoms. The van der Waals surface area contributed by atoms with Gasteiger partial charge in [0.1, 0.15) is 0 Å². The number of hydrogen-bond donors (Lipinski definition) is 1. The van der Waals surface area contributed by atoms with Crippen LogP contribution in [0.25, 0.3) is 0 Å². The summed E-state index contributed by atoms with van der Waals surface area (Å²) in [6.45, 7) is 8.50. The van der Waals surface area contributed by atoms with E-state index < -0.39 is 0 Å². The lowest BCUT2D eigenvalue weighted by molar-refractivity contribution is 0.119. The van der Waals surface area contributed by atoms with Crippen molar-refractivity contribution in [2.45, 2.75) is 45.2 Å². The van der Waals surface area contributed by atoms with E-state index in [1.807, 2.05) is 0 Å². The van der Waals surface area contributed by atoms with Crippen LogP contribution in [-0.2, 0) is 0 Å². The van der Waals surface area contributed by atoms with Crippen LogP contribution in [-0.4, -0.2) is 36.6 Å². The van der Waals surface area contributed by atoms with Crippen LogP contribution in [0.1, 0.15) is 33.1 Å². The zero-order valence-electron chi connectivity index (χ0n) is 8.92. The molecule has 2 aliphatic heterocycles. The van der Waals surface area contributed by atoms with Crippen LogP contribution in [0.5, 0.6) is 0 Å². The second-order valence-corrected chi connectivity index (χ2v) is 4.98. The minimum atomic E-state index is 0.860. The fourth-order valence-corrected chi connectivity index (χ4v) is 2.64. The number of nitrogens with zero attached hydrogens (tertiary/aromatic N) is 1. The maximum Gasteiger partial charge on any atom is 0.0348 e. The average molecular weight is 182 g/mol. The second-order valence-electron chi connectivity index (χ2n) is 4.98. The van der Waals surface area contributed by atoms with Crippen LogP contribution in [0.3, 0.4) is 0 Å². The summed E-state index contributed by atoms with van der Waals surface area (Å²) < 4.78 is 0. The summed E-state index contributed by atoms with van der Waals surface area (Å²) >= 11 is 0. The Kier molecular flexibility index (Phi) is 2.89. The highest BCUT2D eigenvalue weighted by molar-refractivity contribution is 4.91. The zero-order chi connectivity index (χ0) is 9.26. The van der Waals surface area contributed by atoms with Gasteiger partial charge >= 0.3 is 0 Å². The lowest BCUT2D eigenvalue weighted by Crippen LogP contribution is -2.58. The first-order chi connectivity index (χ1) is 6.27. The molecule has 0 aromatic heterocycles. The quantitative estimate of drug-likeness (QED) is 0.711. The van der Waals surface area contributed by atoms with Gasteiger partial charge in [0.2, 0.25) is 0 Å². The van der Waals surface area contributed by atoms with E-state index in [4.69, 9.17) is 0 Å². The SMILES string of the molecule is CC(C)CC1CCCN1C1CNC1. The molecule has 0 bridgehead atoms. The van der Waals surface area contributed by atoms with Gasteiger partial charge in [-0.15, -0.1) is 0 Å². The van der Waals surface area contributed by atoms with E-state index in [0.717, 1.165) is 18.0 Å². The zero-order valence-corrected chi connectivity index (χ0v) is 8.92. The van der Waals surface area contributed by atoms with Crippen LogP contribution in [0.15, 0.2) is 0 Å². The Hall–Kier alpha value is -0.0800. The van der Waals surface area contributed by atoms with Crippen molar-refractivity contribution >= 4 is 0 Å². The molecule has 2 saturated heterocycles. The standard InChI is InChI=1S/C11H22N2/c1-9(2)6-10-4-3-5-13(10)11-7-12-8-11/h9-12H,3-8H2,1-2H3. The summed E-state index contributed by atoms with van der Waals surface area (Å²) in [5, 5.41) is 3.37. The van der Waals surface area contributed by atoms with Crippen molar-refractivity contribution in [3.63, 3.8) is 0 Å². The molecule has 2 rings (SSSR count). The number of likely N-dealkylation sites (tertiary alicyclic amines) is 1. The molecule has 0 aromatic carbocycles. The second kappa shape index (κ2) is 3.97. The molecule has 0 saturated carbocycles. The average Bonchev–Trinajstić information content (AvgIpc) is 2.32. The summed E-state index contributed by atoms with van der Waals surface area (Å²) in [6, 6.07) is 1.76. The van der Waals surface area contributed by atoms with Gasteiger partial charge in [0, 0.05) is 25.2 Å². The normalized spacial score (nSPS) is 31.2. The van der Waals surface area contributed by atoms with Gasteiger partial charge in [-0.2, -0.15) is 0 Å². The van der Waals surface area contributed by atoms with Gasteiger partial charge in [-0.1, -0.05) is 13.8 Å². The molecule has 0 spiro atoms. The van der Waals surface area contributed by atoms with E-state index >= 15 is 0 Å². The van der Waals surface area contributed by atoms with E-state index in [0.29, 0.717) is 0 Å². The van der Waals surface area contributed by atoms with Gasteiger partial charge in [0.25, 0.3) is 0 Å². The number of nitrogens with one attached hydrogen (secondary N) is 1. The highest BCUT2D eigenvalue weighted by atomic mass is 15.3. The molecule has 2 aliphatic rings. The monoisotopic (exact) mass is 182 g/mol. The minimum absolute atomic E-state index is 0.860. The Bertz CT molecular complexity index is 163. The van der Waals surface area contributed by atoms with E-state index in [9.17, 15) is 0 Å². The molecule has 0 aromatic rings. The summed E-state index contributed by atoms with van der Waals surface area (Å²) in [5.41, 5.74) is 0. The van der Waals surface area contributed by atoms with E-state index in [-0.39, 0.29) is 0 Å². The van der Waals surface area contributed by atoms with Crippen molar-refractivity contribution in [3.05, 3.63) is 0 Å². The molecular formula is C11H22N2. The predicted molar refractivity (Wildman–Crippen MR) is 55.8 cm³/mol. The van der Waals surface area contributed by atoms with Crippen molar-refractivity contribution in [1.82, 2.24) is 10.2 Å². The Morgan fingerprint density at radius 1 is 1.38 bits per heavy atom. The van der Waals surface area contributed by atoms with Crippen LogP contribution >= 0.6 is 0 Å². The van der Waals surface area contributed by atoms with Crippen LogP contribution in [0.4, 0.5) is 0 Å². The molecule has 0 amide bonds. The molecule has 1 N–H and O–H groups in total. The van der Waals surface area contributed by atoms with E-state index in [1.54, 1.807) is 0 Å². The molecule has 76 valence electrons. The van der Waals surface area contributed by atoms with Crippen molar-refractivity contribution in [2.24, 2.45) is 5.92 Å². The topological polar surface area (TPSA) is 15.3 Å². The van der Waals surface area contributed by atoms with Gasteiger partial charge in [-0.05, 0) is 31.7 Å². The third kappa shape index (κ3) is 2.05. The molecule has 0 radical (unpaired) electrons. The van der Waals surface area contributed by atoms with Gasteiger partial charge in [0.05, 0.1) is 0 Å². The van der Waals surface area contributed by atoms with Gasteiger partial charge < -0.3 is 5.32 Å². The Morgan fingerprint density at radius 3 is 2.69 bits per heavy atom. The van der Waals surface area contributed by atoms with Crippen molar-refractivity contribution in [2.75, 3.05) is 19.6 Å². The predicted octanol–water partition coefficient (Wildman–Crippen LogP) is 1.47. The van der Waals surface area contributed by atoms with Gasteiger partial charge in [-0.3, -0.25) is 4.90 Å². The molecule has 0 aliphatic carbocycles. The first kappa shape index (κ1) is 9.47. The molecule has 13 heavy (non-hydrogen) atoms. The highest BCUT2D eigenvalue weighted by Crippen LogP contribution is 2.26. The van der Waals surface area contributed by atoms with E-state index in [1.165, 1.54) is 38.9 Å². The largest absolute Gasteiger partial charge is 0.314 e. The minimum Gasteiger partial charge on any atom is -0.314 e. The maximum atomic E-state index is 3.37. The fourth-order valence-electron chi connectivity index (χ4n) is 2.64. The molecule has 2 nitrogen and oxygen atoms in total. The summed E-state index contributed by atoms with van der Waals surface area (Å²) in [6.07, 6.45) is 4.26. The lowest BCUT2D eigenvalue weighted by Gasteiger charge is -2.39. The molecule has 2 heterocycles.